The van der Waals surface area contributed by atoms with E-state index in [2.05, 4.69) is 17.2 Å². The Bertz CT molecular complexity index is 454. The summed E-state index contributed by atoms with van der Waals surface area (Å²) in [7, 11) is 3.71. The first-order chi connectivity index (χ1) is 8.54. The molecule has 1 amide bonds. The van der Waals surface area contributed by atoms with E-state index >= 15 is 0 Å². The van der Waals surface area contributed by atoms with Crippen molar-refractivity contribution in [1.82, 2.24) is 9.88 Å². The van der Waals surface area contributed by atoms with Crippen LogP contribution in [0.25, 0.3) is 0 Å². The molecule has 1 N–H and O–H groups in total. The van der Waals surface area contributed by atoms with E-state index in [0.29, 0.717) is 17.5 Å². The molecule has 0 aliphatic heterocycles. The van der Waals surface area contributed by atoms with Crippen LogP contribution in [0.2, 0.25) is 0 Å². The standard InChI is InChI=1S/C14H21N3O/c1-9-7-13(15-3)12(8-16-9)14(18)17(4)10(2)11-5-6-11/h7-8,10-11H,5-6H2,1-4H3,(H,15,16). The number of hydrogen-bond donors (Lipinski definition) is 1. The molecule has 1 aromatic heterocycles. The van der Waals surface area contributed by atoms with Gasteiger partial charge < -0.3 is 10.2 Å². The molecular formula is C14H21N3O. The number of anilines is 1. The van der Waals surface area contributed by atoms with Gasteiger partial charge in [0.05, 0.1) is 11.3 Å². The first-order valence-corrected chi connectivity index (χ1v) is 6.46. The molecule has 0 aromatic carbocycles. The molecule has 98 valence electrons. The number of amides is 1. The molecule has 1 aliphatic rings. The van der Waals surface area contributed by atoms with Crippen LogP contribution in [0.3, 0.4) is 0 Å². The summed E-state index contributed by atoms with van der Waals surface area (Å²) in [6.45, 7) is 4.04. The summed E-state index contributed by atoms with van der Waals surface area (Å²) >= 11 is 0. The monoisotopic (exact) mass is 247 g/mol. The van der Waals surface area contributed by atoms with Crippen molar-refractivity contribution in [1.29, 1.82) is 0 Å². The van der Waals surface area contributed by atoms with Crippen LogP contribution in [0.5, 0.6) is 0 Å². The Morgan fingerprint density at radius 3 is 2.78 bits per heavy atom. The molecule has 1 aliphatic carbocycles. The van der Waals surface area contributed by atoms with Crippen LogP contribution in [0.1, 0.15) is 35.8 Å². The molecule has 4 heteroatoms. The van der Waals surface area contributed by atoms with Crippen LogP contribution in [-0.2, 0) is 0 Å². The maximum absolute atomic E-state index is 12.5. The number of aryl methyl sites for hydroxylation is 1. The summed E-state index contributed by atoms with van der Waals surface area (Å²) in [4.78, 5) is 18.5. The van der Waals surface area contributed by atoms with Gasteiger partial charge in [-0.15, -0.1) is 0 Å². The number of rotatable bonds is 4. The molecular weight excluding hydrogens is 226 g/mol. The Hall–Kier alpha value is -1.58. The van der Waals surface area contributed by atoms with E-state index in [1.165, 1.54) is 12.8 Å². The third kappa shape index (κ3) is 2.47. The molecule has 0 radical (unpaired) electrons. The van der Waals surface area contributed by atoms with Gasteiger partial charge in [-0.05, 0) is 38.7 Å². The quantitative estimate of drug-likeness (QED) is 0.888. The average molecular weight is 247 g/mol. The van der Waals surface area contributed by atoms with Gasteiger partial charge in [-0.1, -0.05) is 0 Å². The fourth-order valence-electron chi connectivity index (χ4n) is 2.21. The van der Waals surface area contributed by atoms with Gasteiger partial charge in [0.2, 0.25) is 0 Å². The molecule has 2 rings (SSSR count). The Balaban J connectivity index is 2.21. The van der Waals surface area contributed by atoms with Gasteiger partial charge in [0.25, 0.3) is 5.91 Å². The Kier molecular flexibility index (Phi) is 3.55. The first kappa shape index (κ1) is 12.9. The number of carbonyl (C=O) groups excluding carboxylic acids is 1. The molecule has 0 spiro atoms. The van der Waals surface area contributed by atoms with E-state index in [1.807, 2.05) is 32.0 Å². The van der Waals surface area contributed by atoms with Crippen molar-refractivity contribution < 1.29 is 4.79 Å². The third-order valence-electron chi connectivity index (χ3n) is 3.78. The van der Waals surface area contributed by atoms with E-state index in [4.69, 9.17) is 0 Å². The van der Waals surface area contributed by atoms with Gasteiger partial charge in [-0.25, -0.2) is 0 Å². The fraction of sp³-hybridized carbons (Fsp3) is 0.571. The van der Waals surface area contributed by atoms with Gasteiger partial charge in [-0.3, -0.25) is 9.78 Å². The summed E-state index contributed by atoms with van der Waals surface area (Å²) < 4.78 is 0. The van der Waals surface area contributed by atoms with Crippen LogP contribution in [0.4, 0.5) is 5.69 Å². The summed E-state index contributed by atoms with van der Waals surface area (Å²) in [6, 6.07) is 2.21. The Morgan fingerprint density at radius 1 is 1.56 bits per heavy atom. The highest BCUT2D eigenvalue weighted by molar-refractivity contribution is 5.99. The zero-order valence-electron chi connectivity index (χ0n) is 11.5. The average Bonchev–Trinajstić information content (AvgIpc) is 3.20. The molecule has 1 heterocycles. The number of hydrogen-bond acceptors (Lipinski definition) is 3. The van der Waals surface area contributed by atoms with Crippen LogP contribution < -0.4 is 5.32 Å². The lowest BCUT2D eigenvalue weighted by atomic mass is 10.1. The van der Waals surface area contributed by atoms with Gasteiger partial charge in [0.15, 0.2) is 0 Å². The van der Waals surface area contributed by atoms with Gasteiger partial charge >= 0.3 is 0 Å². The number of carbonyl (C=O) groups is 1. The highest BCUT2D eigenvalue weighted by atomic mass is 16.2. The normalized spacial score (nSPS) is 16.2. The smallest absolute Gasteiger partial charge is 0.257 e. The van der Waals surface area contributed by atoms with E-state index in [9.17, 15) is 4.79 Å². The highest BCUT2D eigenvalue weighted by Crippen LogP contribution is 2.35. The van der Waals surface area contributed by atoms with Crippen molar-refractivity contribution >= 4 is 11.6 Å². The molecule has 1 fully saturated rings. The molecule has 4 nitrogen and oxygen atoms in total. The maximum atomic E-state index is 12.5. The van der Waals surface area contributed by atoms with Gasteiger partial charge in [0, 0.05) is 32.0 Å². The second-order valence-electron chi connectivity index (χ2n) is 5.12. The lowest BCUT2D eigenvalue weighted by Gasteiger charge is -2.25. The van der Waals surface area contributed by atoms with Crippen molar-refractivity contribution in [2.24, 2.45) is 5.92 Å². The van der Waals surface area contributed by atoms with E-state index in [1.54, 1.807) is 6.20 Å². The van der Waals surface area contributed by atoms with Crippen molar-refractivity contribution in [3.05, 3.63) is 23.5 Å². The highest BCUT2D eigenvalue weighted by Gasteiger charge is 2.33. The zero-order valence-corrected chi connectivity index (χ0v) is 11.5. The second-order valence-corrected chi connectivity index (χ2v) is 5.12. The minimum Gasteiger partial charge on any atom is -0.387 e. The topological polar surface area (TPSA) is 45.2 Å². The molecule has 0 bridgehead atoms. The van der Waals surface area contributed by atoms with E-state index < -0.39 is 0 Å². The summed E-state index contributed by atoms with van der Waals surface area (Å²) in [5.74, 6) is 0.724. The number of nitrogens with zero attached hydrogens (tertiary/aromatic N) is 2. The van der Waals surface area contributed by atoms with Crippen molar-refractivity contribution in [3.63, 3.8) is 0 Å². The molecule has 0 saturated heterocycles. The van der Waals surface area contributed by atoms with Crippen LogP contribution >= 0.6 is 0 Å². The molecule has 18 heavy (non-hydrogen) atoms. The van der Waals surface area contributed by atoms with Crippen LogP contribution in [-0.4, -0.2) is 35.9 Å². The number of aromatic nitrogens is 1. The predicted molar refractivity (Wildman–Crippen MR) is 72.8 cm³/mol. The van der Waals surface area contributed by atoms with Crippen LogP contribution in [0, 0.1) is 12.8 Å². The fourth-order valence-corrected chi connectivity index (χ4v) is 2.21. The SMILES string of the molecule is CNc1cc(C)ncc1C(=O)N(C)C(C)C1CC1. The Morgan fingerprint density at radius 2 is 2.22 bits per heavy atom. The third-order valence-corrected chi connectivity index (χ3v) is 3.78. The van der Waals surface area contributed by atoms with Crippen molar-refractivity contribution in [3.8, 4) is 0 Å². The molecule has 1 atom stereocenters. The number of pyridine rings is 1. The summed E-state index contributed by atoms with van der Waals surface area (Å²) in [5, 5.41) is 3.07. The van der Waals surface area contributed by atoms with Crippen molar-refractivity contribution in [2.45, 2.75) is 32.7 Å². The van der Waals surface area contributed by atoms with Crippen LogP contribution in [0.15, 0.2) is 12.3 Å². The predicted octanol–water partition coefficient (Wildman–Crippen LogP) is 2.30. The van der Waals surface area contributed by atoms with Crippen molar-refractivity contribution in [2.75, 3.05) is 19.4 Å². The molecule has 1 aromatic rings. The van der Waals surface area contributed by atoms with E-state index in [0.717, 1.165) is 11.4 Å². The summed E-state index contributed by atoms with van der Waals surface area (Å²) in [6.07, 6.45) is 4.15. The minimum atomic E-state index is 0.0475. The maximum Gasteiger partial charge on any atom is 0.257 e. The van der Waals surface area contributed by atoms with Gasteiger partial charge in [0.1, 0.15) is 0 Å². The largest absolute Gasteiger partial charge is 0.387 e. The number of nitrogens with one attached hydrogen (secondary N) is 1. The Labute approximate surface area is 108 Å². The minimum absolute atomic E-state index is 0.0475. The first-order valence-electron chi connectivity index (χ1n) is 6.46. The van der Waals surface area contributed by atoms with E-state index in [-0.39, 0.29) is 5.91 Å². The lowest BCUT2D eigenvalue weighted by molar-refractivity contribution is 0.0728. The second kappa shape index (κ2) is 4.96. The van der Waals surface area contributed by atoms with Gasteiger partial charge in [-0.2, -0.15) is 0 Å². The summed E-state index contributed by atoms with van der Waals surface area (Å²) in [5.41, 5.74) is 2.41. The molecule has 1 saturated carbocycles. The zero-order chi connectivity index (χ0) is 13.3. The molecule has 1 unspecified atom stereocenters. The lowest BCUT2D eigenvalue weighted by Crippen LogP contribution is -2.36.